The highest BCUT2D eigenvalue weighted by atomic mass is 32.2. The van der Waals surface area contributed by atoms with E-state index in [4.69, 9.17) is 0 Å². The second-order valence-electron chi connectivity index (χ2n) is 7.21. The minimum atomic E-state index is -1.43. The summed E-state index contributed by atoms with van der Waals surface area (Å²) in [7, 11) is -1.43. The van der Waals surface area contributed by atoms with Gasteiger partial charge in [0, 0.05) is 9.79 Å². The monoisotopic (exact) mass is 436 g/mol. The van der Waals surface area contributed by atoms with Crippen LogP contribution in [0.15, 0.2) is 82.1 Å². The summed E-state index contributed by atoms with van der Waals surface area (Å²) in [4.78, 5) is 12.4. The molecule has 31 heavy (non-hydrogen) atoms. The lowest BCUT2D eigenvalue weighted by atomic mass is 10.0. The van der Waals surface area contributed by atoms with Crippen LogP contribution in [-0.4, -0.2) is 15.3 Å². The fourth-order valence-corrected chi connectivity index (χ4v) is 4.72. The molecule has 3 aromatic carbocycles. The molecule has 0 aromatic heterocycles. The van der Waals surface area contributed by atoms with Gasteiger partial charge in [0.05, 0.1) is 17.2 Å². The van der Waals surface area contributed by atoms with Crippen LogP contribution in [0, 0.1) is 11.6 Å². The quantitative estimate of drug-likeness (QED) is 0.539. The molecule has 1 aliphatic carbocycles. The third-order valence-corrected chi connectivity index (χ3v) is 6.62. The van der Waals surface area contributed by atoms with E-state index in [1.165, 1.54) is 36.4 Å². The molecule has 4 rings (SSSR count). The van der Waals surface area contributed by atoms with Gasteiger partial charge in [-0.05, 0) is 94.9 Å². The Labute approximate surface area is 180 Å². The van der Waals surface area contributed by atoms with Crippen molar-refractivity contribution in [1.82, 2.24) is 0 Å². The summed E-state index contributed by atoms with van der Waals surface area (Å²) in [5, 5.41) is 9.26. The van der Waals surface area contributed by atoms with Crippen molar-refractivity contribution in [3.05, 3.63) is 101 Å². The maximum absolute atomic E-state index is 13.8. The number of benzene rings is 3. The number of aliphatic carboxylic acids is 1. The molecule has 0 aliphatic heterocycles. The van der Waals surface area contributed by atoms with Crippen LogP contribution < -0.4 is 0 Å². The number of hydrogen-bond acceptors (Lipinski definition) is 2. The highest BCUT2D eigenvalue weighted by Crippen LogP contribution is 2.43. The molecule has 1 atom stereocenters. The van der Waals surface area contributed by atoms with E-state index in [0.717, 1.165) is 22.3 Å². The van der Waals surface area contributed by atoms with Gasteiger partial charge in [0.2, 0.25) is 0 Å². The first-order valence-corrected chi connectivity index (χ1v) is 10.7. The molecule has 1 N–H and O–H groups in total. The van der Waals surface area contributed by atoms with Crippen molar-refractivity contribution in [3.63, 3.8) is 0 Å². The summed E-state index contributed by atoms with van der Waals surface area (Å²) in [6.07, 6.45) is 1.72. The molecule has 0 radical (unpaired) electrons. The first-order valence-electron chi connectivity index (χ1n) is 9.55. The van der Waals surface area contributed by atoms with Gasteiger partial charge in [0.25, 0.3) is 0 Å². The van der Waals surface area contributed by atoms with Crippen LogP contribution in [0.3, 0.4) is 0 Å². The maximum atomic E-state index is 13.8. The second kappa shape index (κ2) is 8.40. The van der Waals surface area contributed by atoms with Crippen molar-refractivity contribution >= 4 is 34.0 Å². The molecule has 0 spiro atoms. The Balaban J connectivity index is 1.68. The van der Waals surface area contributed by atoms with Crippen molar-refractivity contribution in [2.75, 3.05) is 0 Å². The van der Waals surface area contributed by atoms with E-state index >= 15 is 0 Å². The second-order valence-corrected chi connectivity index (χ2v) is 8.69. The van der Waals surface area contributed by atoms with Crippen molar-refractivity contribution in [3.8, 4) is 0 Å². The summed E-state index contributed by atoms with van der Waals surface area (Å²) >= 11 is 0. The smallest absolute Gasteiger partial charge is 0.307 e. The van der Waals surface area contributed by atoms with Crippen molar-refractivity contribution in [2.24, 2.45) is 0 Å². The topological polar surface area (TPSA) is 54.4 Å². The largest absolute Gasteiger partial charge is 0.481 e. The van der Waals surface area contributed by atoms with Crippen molar-refractivity contribution in [2.45, 2.75) is 23.1 Å². The van der Waals surface area contributed by atoms with Gasteiger partial charge >= 0.3 is 5.97 Å². The molecule has 6 heteroatoms. The Bertz CT molecular complexity index is 1260. The number of carboxylic acid groups (broad SMARTS) is 1. The lowest BCUT2D eigenvalue weighted by Gasteiger charge is -2.06. The molecule has 0 fully saturated rings. The highest BCUT2D eigenvalue weighted by Gasteiger charge is 2.25. The van der Waals surface area contributed by atoms with E-state index in [0.29, 0.717) is 20.9 Å². The van der Waals surface area contributed by atoms with Crippen LogP contribution in [0.2, 0.25) is 0 Å². The lowest BCUT2D eigenvalue weighted by Crippen LogP contribution is -1.97. The molecule has 3 aromatic rings. The van der Waals surface area contributed by atoms with Gasteiger partial charge in [0.1, 0.15) is 11.6 Å². The minimum absolute atomic E-state index is 0.185. The fourth-order valence-electron chi connectivity index (χ4n) is 3.68. The highest BCUT2D eigenvalue weighted by molar-refractivity contribution is 7.85. The summed E-state index contributed by atoms with van der Waals surface area (Å²) in [6, 6.07) is 17.0. The van der Waals surface area contributed by atoms with E-state index in [2.05, 4.69) is 0 Å². The summed E-state index contributed by atoms with van der Waals surface area (Å²) < 4.78 is 39.6. The van der Waals surface area contributed by atoms with Crippen molar-refractivity contribution in [1.29, 1.82) is 0 Å². The molecule has 0 amide bonds. The van der Waals surface area contributed by atoms with E-state index < -0.39 is 22.6 Å². The first kappa shape index (κ1) is 20.9. The SMILES string of the molecule is CC1=C(CC(=O)O)c2cc(F)ccc2/C1=C\c1ccc(S(=O)c2ccc(F)cc2)cc1. The number of halogens is 2. The summed E-state index contributed by atoms with van der Waals surface area (Å²) in [6.45, 7) is 1.83. The molecule has 0 bridgehead atoms. The molecular formula is C25H18F2O3S. The Morgan fingerprint density at radius 2 is 1.48 bits per heavy atom. The van der Waals surface area contributed by atoms with Crippen LogP contribution in [-0.2, 0) is 15.6 Å². The lowest BCUT2D eigenvalue weighted by molar-refractivity contribution is -0.135. The summed E-state index contributed by atoms with van der Waals surface area (Å²) in [5.41, 5.74) is 4.44. The zero-order chi connectivity index (χ0) is 22.1. The zero-order valence-corrected chi connectivity index (χ0v) is 17.4. The van der Waals surface area contributed by atoms with E-state index in [9.17, 15) is 22.9 Å². The van der Waals surface area contributed by atoms with Gasteiger partial charge in [-0.2, -0.15) is 0 Å². The Morgan fingerprint density at radius 1 is 0.903 bits per heavy atom. The van der Waals surface area contributed by atoms with Crippen LogP contribution in [0.4, 0.5) is 8.78 Å². The number of fused-ring (bicyclic) bond motifs is 1. The minimum Gasteiger partial charge on any atom is -0.481 e. The average Bonchev–Trinajstić information content (AvgIpc) is 2.99. The van der Waals surface area contributed by atoms with Gasteiger partial charge in [-0.3, -0.25) is 4.79 Å². The van der Waals surface area contributed by atoms with Gasteiger partial charge in [-0.1, -0.05) is 18.2 Å². The van der Waals surface area contributed by atoms with Crippen LogP contribution in [0.5, 0.6) is 0 Å². The molecule has 0 heterocycles. The standard InChI is InChI=1S/C25H18F2O3S/c1-15-22(21-11-6-18(27)13-24(21)23(15)14-25(28)29)12-16-2-7-19(8-3-16)31(30)20-9-4-17(26)5-10-20/h2-13H,14H2,1H3,(H,28,29)/b22-12-. The van der Waals surface area contributed by atoms with Gasteiger partial charge in [-0.15, -0.1) is 0 Å². The van der Waals surface area contributed by atoms with Crippen LogP contribution >= 0.6 is 0 Å². The maximum Gasteiger partial charge on any atom is 0.307 e. The molecule has 3 nitrogen and oxygen atoms in total. The number of carboxylic acids is 1. The zero-order valence-electron chi connectivity index (χ0n) is 16.6. The molecule has 1 aliphatic rings. The normalized spacial score (nSPS) is 15.3. The van der Waals surface area contributed by atoms with Crippen molar-refractivity contribution < 1.29 is 22.9 Å². The van der Waals surface area contributed by atoms with Gasteiger partial charge in [-0.25, -0.2) is 13.0 Å². The Hall–Kier alpha value is -3.38. The Morgan fingerprint density at radius 3 is 2.10 bits per heavy atom. The van der Waals surface area contributed by atoms with E-state index in [-0.39, 0.29) is 12.2 Å². The number of hydrogen-bond donors (Lipinski definition) is 1. The predicted octanol–water partition coefficient (Wildman–Crippen LogP) is 5.93. The van der Waals surface area contributed by atoms with Crippen LogP contribution in [0.1, 0.15) is 30.0 Å². The Kier molecular flexibility index (Phi) is 5.65. The van der Waals surface area contributed by atoms with Gasteiger partial charge in [0.15, 0.2) is 0 Å². The average molecular weight is 436 g/mol. The van der Waals surface area contributed by atoms with Gasteiger partial charge < -0.3 is 5.11 Å². The molecule has 1 unspecified atom stereocenters. The number of carbonyl (C=O) groups is 1. The summed E-state index contributed by atoms with van der Waals surface area (Å²) in [5.74, 6) is -1.77. The first-order chi connectivity index (χ1) is 14.8. The van der Waals surface area contributed by atoms with E-state index in [1.54, 1.807) is 18.2 Å². The van der Waals surface area contributed by atoms with Crippen LogP contribution in [0.25, 0.3) is 17.2 Å². The molecule has 156 valence electrons. The third-order valence-electron chi connectivity index (χ3n) is 5.21. The number of allylic oxidation sites excluding steroid dienone is 2. The predicted molar refractivity (Wildman–Crippen MR) is 117 cm³/mol. The molecule has 0 saturated heterocycles. The number of rotatable bonds is 5. The third kappa shape index (κ3) is 4.25. The van der Waals surface area contributed by atoms with E-state index in [1.807, 2.05) is 25.1 Å². The molecular weight excluding hydrogens is 418 g/mol. The fraction of sp³-hybridized carbons (Fsp3) is 0.0800. The molecule has 0 saturated carbocycles.